The van der Waals surface area contributed by atoms with Crippen molar-refractivity contribution in [2.45, 2.75) is 19.3 Å². The van der Waals surface area contributed by atoms with E-state index in [9.17, 15) is 0 Å². The number of aryl methyl sites for hydroxylation is 2. The van der Waals surface area contributed by atoms with Crippen molar-refractivity contribution in [3.8, 4) is 0 Å². The number of H-pyrrole nitrogens is 1. The lowest BCUT2D eigenvalue weighted by molar-refractivity contribution is 0.774. The number of pyridine rings is 1. The maximum absolute atomic E-state index is 5.60. The Kier molecular flexibility index (Phi) is 3.48. The van der Waals surface area contributed by atoms with Gasteiger partial charge in [0, 0.05) is 22.5 Å². The van der Waals surface area contributed by atoms with Crippen LogP contribution in [0.15, 0.2) is 22.1 Å². The molecule has 0 spiro atoms. The van der Waals surface area contributed by atoms with Gasteiger partial charge in [-0.25, -0.2) is 15.0 Å². The Morgan fingerprint density at radius 2 is 2.21 bits per heavy atom. The minimum absolute atomic E-state index is 0.632. The quantitative estimate of drug-likeness (QED) is 0.766. The van der Waals surface area contributed by atoms with E-state index in [1.54, 1.807) is 6.20 Å². The minimum atomic E-state index is 0.632. The molecule has 0 aromatic carbocycles. The van der Waals surface area contributed by atoms with Crippen molar-refractivity contribution < 1.29 is 0 Å². The Labute approximate surface area is 122 Å². The molecule has 0 radical (unpaired) electrons. The number of aromatic amines is 1. The number of thiazole rings is 1. The van der Waals surface area contributed by atoms with Gasteiger partial charge in [-0.1, -0.05) is 0 Å². The molecule has 0 unspecified atom stereocenters. The highest BCUT2D eigenvalue weighted by Crippen LogP contribution is 2.17. The maximum Gasteiger partial charge on any atom is 0.180 e. The van der Waals surface area contributed by atoms with Gasteiger partial charge in [-0.3, -0.25) is 0 Å². The van der Waals surface area contributed by atoms with Gasteiger partial charge in [0.25, 0.3) is 0 Å². The molecule has 0 saturated heterocycles. The summed E-state index contributed by atoms with van der Waals surface area (Å²) in [5.74, 6) is 0.962. The van der Waals surface area contributed by atoms with Crippen LogP contribution in [0.5, 0.6) is 0 Å². The smallest absolute Gasteiger partial charge is 0.180 e. The van der Waals surface area contributed by atoms with E-state index in [0.29, 0.717) is 5.13 Å². The highest BCUT2D eigenvalue weighted by molar-refractivity contribution is 9.10. The average Bonchev–Trinajstić information content (AvgIpc) is 2.95. The summed E-state index contributed by atoms with van der Waals surface area (Å²) in [5.41, 5.74) is 8.38. The molecule has 3 aromatic heterocycles. The molecule has 3 aromatic rings. The van der Waals surface area contributed by atoms with Crippen LogP contribution in [0, 0.1) is 0 Å². The largest absolute Gasteiger partial charge is 0.375 e. The van der Waals surface area contributed by atoms with Crippen molar-refractivity contribution in [3.05, 3.63) is 33.6 Å². The van der Waals surface area contributed by atoms with E-state index in [-0.39, 0.29) is 0 Å². The number of imidazole rings is 1. The number of rotatable bonds is 4. The number of aromatic nitrogens is 4. The Hall–Kier alpha value is -1.47. The van der Waals surface area contributed by atoms with Crippen molar-refractivity contribution in [1.29, 1.82) is 0 Å². The molecule has 0 atom stereocenters. The number of hydrogen-bond donors (Lipinski definition) is 2. The standard InChI is InChI=1S/C12H12BrN5S/c13-7-4-9-11(15-5-7)18-10(17-9)3-1-2-8-6-19-12(14)16-8/h4-6H,1-3H2,(H2,14,16)(H,15,17,18). The van der Waals surface area contributed by atoms with Crippen LogP contribution in [-0.2, 0) is 12.8 Å². The molecule has 5 nitrogen and oxygen atoms in total. The number of nitrogens with two attached hydrogens (primary N) is 1. The minimum Gasteiger partial charge on any atom is -0.375 e. The van der Waals surface area contributed by atoms with Gasteiger partial charge in [0.2, 0.25) is 0 Å². The van der Waals surface area contributed by atoms with E-state index in [0.717, 1.165) is 46.4 Å². The predicted molar refractivity (Wildman–Crippen MR) is 80.1 cm³/mol. The van der Waals surface area contributed by atoms with Crippen LogP contribution in [0.25, 0.3) is 11.2 Å². The van der Waals surface area contributed by atoms with Crippen molar-refractivity contribution in [2.75, 3.05) is 5.73 Å². The predicted octanol–water partition coefficient (Wildman–Crippen LogP) is 2.93. The maximum atomic E-state index is 5.60. The first-order valence-electron chi connectivity index (χ1n) is 5.91. The summed E-state index contributed by atoms with van der Waals surface area (Å²) in [6.07, 6.45) is 4.54. The Morgan fingerprint density at radius 1 is 1.32 bits per heavy atom. The van der Waals surface area contributed by atoms with Crippen molar-refractivity contribution in [2.24, 2.45) is 0 Å². The number of hydrogen-bond acceptors (Lipinski definition) is 5. The van der Waals surface area contributed by atoms with Gasteiger partial charge in [-0.2, -0.15) is 0 Å². The topological polar surface area (TPSA) is 80.5 Å². The van der Waals surface area contributed by atoms with Crippen molar-refractivity contribution in [1.82, 2.24) is 19.9 Å². The highest BCUT2D eigenvalue weighted by atomic mass is 79.9. The van der Waals surface area contributed by atoms with Gasteiger partial charge >= 0.3 is 0 Å². The van der Waals surface area contributed by atoms with Gasteiger partial charge in [-0.05, 0) is 34.8 Å². The molecule has 0 amide bonds. The van der Waals surface area contributed by atoms with Crippen LogP contribution < -0.4 is 5.73 Å². The summed E-state index contributed by atoms with van der Waals surface area (Å²) in [7, 11) is 0. The number of nitrogens with one attached hydrogen (secondary N) is 1. The first-order valence-corrected chi connectivity index (χ1v) is 7.58. The molecular formula is C12H12BrN5S. The lowest BCUT2D eigenvalue weighted by atomic mass is 10.2. The molecule has 0 aliphatic rings. The van der Waals surface area contributed by atoms with Crippen LogP contribution in [0.1, 0.15) is 17.9 Å². The van der Waals surface area contributed by atoms with Crippen LogP contribution in [0.2, 0.25) is 0 Å². The SMILES string of the molecule is Nc1nc(CCCc2nc3ncc(Br)cc3[nH]2)cs1. The van der Waals surface area contributed by atoms with Gasteiger partial charge < -0.3 is 10.7 Å². The normalized spacial score (nSPS) is 11.2. The molecule has 19 heavy (non-hydrogen) atoms. The lowest BCUT2D eigenvalue weighted by Gasteiger charge is -1.95. The highest BCUT2D eigenvalue weighted by Gasteiger charge is 2.05. The zero-order valence-electron chi connectivity index (χ0n) is 10.1. The lowest BCUT2D eigenvalue weighted by Crippen LogP contribution is -1.93. The Balaban J connectivity index is 1.65. The van der Waals surface area contributed by atoms with Gasteiger partial charge in [0.05, 0.1) is 11.2 Å². The molecule has 0 fully saturated rings. The second-order valence-electron chi connectivity index (χ2n) is 4.24. The molecule has 98 valence electrons. The number of halogens is 1. The molecule has 3 heterocycles. The summed E-state index contributed by atoms with van der Waals surface area (Å²) >= 11 is 4.88. The van der Waals surface area contributed by atoms with E-state index in [4.69, 9.17) is 5.73 Å². The van der Waals surface area contributed by atoms with E-state index in [1.807, 2.05) is 11.4 Å². The molecule has 0 bridgehead atoms. The molecule has 0 aliphatic carbocycles. The molecule has 3 rings (SSSR count). The van der Waals surface area contributed by atoms with Crippen LogP contribution in [-0.4, -0.2) is 19.9 Å². The summed E-state index contributed by atoms with van der Waals surface area (Å²) in [5, 5.41) is 2.64. The van der Waals surface area contributed by atoms with Gasteiger partial charge in [0.15, 0.2) is 10.8 Å². The first-order chi connectivity index (χ1) is 9.20. The average molecular weight is 338 g/mol. The van der Waals surface area contributed by atoms with E-state index in [2.05, 4.69) is 35.9 Å². The Morgan fingerprint density at radius 3 is 3.00 bits per heavy atom. The third kappa shape index (κ3) is 2.93. The summed E-state index contributed by atoms with van der Waals surface area (Å²) in [6, 6.07) is 1.99. The monoisotopic (exact) mass is 337 g/mol. The van der Waals surface area contributed by atoms with Crippen LogP contribution in [0.3, 0.4) is 0 Å². The van der Waals surface area contributed by atoms with E-state index in [1.165, 1.54) is 11.3 Å². The molecule has 3 N–H and O–H groups in total. The Bertz CT molecular complexity index is 705. The molecule has 7 heteroatoms. The summed E-state index contributed by atoms with van der Waals surface area (Å²) in [6.45, 7) is 0. The van der Waals surface area contributed by atoms with Gasteiger partial charge in [-0.15, -0.1) is 11.3 Å². The zero-order chi connectivity index (χ0) is 13.2. The van der Waals surface area contributed by atoms with Crippen molar-refractivity contribution in [3.63, 3.8) is 0 Å². The molecular weight excluding hydrogens is 326 g/mol. The third-order valence-electron chi connectivity index (χ3n) is 2.77. The van der Waals surface area contributed by atoms with Gasteiger partial charge in [0.1, 0.15) is 5.82 Å². The molecule has 0 aliphatic heterocycles. The van der Waals surface area contributed by atoms with E-state index < -0.39 is 0 Å². The van der Waals surface area contributed by atoms with Crippen LogP contribution >= 0.6 is 27.3 Å². The number of fused-ring (bicyclic) bond motifs is 1. The summed E-state index contributed by atoms with van der Waals surface area (Å²) < 4.78 is 0.952. The third-order valence-corrected chi connectivity index (χ3v) is 3.93. The first kappa shape index (κ1) is 12.6. The summed E-state index contributed by atoms with van der Waals surface area (Å²) in [4.78, 5) is 16.2. The fourth-order valence-electron chi connectivity index (χ4n) is 1.92. The fourth-order valence-corrected chi connectivity index (χ4v) is 2.85. The second-order valence-corrected chi connectivity index (χ2v) is 6.04. The number of nitrogen functional groups attached to an aromatic ring is 1. The number of anilines is 1. The second kappa shape index (κ2) is 5.26. The fraction of sp³-hybridized carbons (Fsp3) is 0.250. The van der Waals surface area contributed by atoms with E-state index >= 15 is 0 Å². The molecule has 0 saturated carbocycles. The number of nitrogens with zero attached hydrogens (tertiary/aromatic N) is 3. The van der Waals surface area contributed by atoms with Crippen LogP contribution in [0.4, 0.5) is 5.13 Å². The zero-order valence-corrected chi connectivity index (χ0v) is 12.5. The van der Waals surface area contributed by atoms with Crippen molar-refractivity contribution >= 4 is 43.6 Å².